The number of hydrogen-bond acceptors (Lipinski definition) is 8. The molecule has 2 N–H and O–H groups in total. The third-order valence-corrected chi connectivity index (χ3v) is 6.62. The van der Waals surface area contributed by atoms with Crippen LogP contribution >= 0.6 is 11.6 Å². The fourth-order valence-electron chi connectivity index (χ4n) is 4.35. The fraction of sp³-hybridized carbons (Fsp3) is 0.321. The van der Waals surface area contributed by atoms with Crippen LogP contribution in [0.4, 0.5) is 11.5 Å². The molecule has 1 fully saturated rings. The molecule has 3 heterocycles. The molecular formula is C28H30ClN5O4. The van der Waals surface area contributed by atoms with Crippen LogP contribution in [0.5, 0.6) is 11.5 Å². The maximum atomic E-state index is 11.7. The van der Waals surface area contributed by atoms with Crippen molar-refractivity contribution in [2.45, 2.75) is 19.9 Å². The number of anilines is 2. The van der Waals surface area contributed by atoms with Gasteiger partial charge in [-0.3, -0.25) is 9.69 Å². The van der Waals surface area contributed by atoms with Crippen molar-refractivity contribution < 1.29 is 14.2 Å². The molecule has 1 unspecified atom stereocenters. The Bertz CT molecular complexity index is 1480. The second-order valence-electron chi connectivity index (χ2n) is 9.03. The van der Waals surface area contributed by atoms with Gasteiger partial charge >= 0.3 is 0 Å². The lowest BCUT2D eigenvalue weighted by molar-refractivity contribution is -0.00514. The number of ether oxygens (including phenoxy) is 3. The lowest BCUT2D eigenvalue weighted by Crippen LogP contribution is -2.45. The first-order valence-corrected chi connectivity index (χ1v) is 13.0. The molecule has 2 aromatic carbocycles. The summed E-state index contributed by atoms with van der Waals surface area (Å²) in [4.78, 5) is 26.4. The summed E-state index contributed by atoms with van der Waals surface area (Å²) in [7, 11) is 0. The highest BCUT2D eigenvalue weighted by Gasteiger charge is 2.18. The average Bonchev–Trinajstić information content (AvgIpc) is 2.92. The summed E-state index contributed by atoms with van der Waals surface area (Å²) in [6.07, 6.45) is 1.55. The Kier molecular flexibility index (Phi) is 8.07. The molecule has 0 amide bonds. The van der Waals surface area contributed by atoms with Gasteiger partial charge in [0.25, 0.3) is 5.56 Å². The number of H-pyrrole nitrogens is 1. The molecule has 4 aromatic rings. The quantitative estimate of drug-likeness (QED) is 0.313. The van der Waals surface area contributed by atoms with Crippen LogP contribution in [-0.2, 0) is 4.74 Å². The van der Waals surface area contributed by atoms with Crippen LogP contribution in [-0.4, -0.2) is 65.4 Å². The fourth-order valence-corrected chi connectivity index (χ4v) is 4.52. The number of rotatable bonds is 9. The van der Waals surface area contributed by atoms with Crippen LogP contribution < -0.4 is 20.3 Å². The van der Waals surface area contributed by atoms with Gasteiger partial charge in [0.15, 0.2) is 5.82 Å². The van der Waals surface area contributed by atoms with Crippen LogP contribution in [0.1, 0.15) is 13.8 Å². The molecule has 9 nitrogen and oxygen atoms in total. The maximum absolute atomic E-state index is 11.7. The summed E-state index contributed by atoms with van der Waals surface area (Å²) in [5, 5.41) is 4.13. The van der Waals surface area contributed by atoms with E-state index in [-0.39, 0.29) is 10.6 Å². The maximum Gasteiger partial charge on any atom is 0.266 e. The zero-order valence-electron chi connectivity index (χ0n) is 21.4. The first-order chi connectivity index (χ1) is 18.5. The van der Waals surface area contributed by atoms with Gasteiger partial charge < -0.3 is 24.5 Å². The minimum atomic E-state index is -0.357. The minimum Gasteiger partial charge on any atom is -0.494 e. The van der Waals surface area contributed by atoms with Gasteiger partial charge in [-0.05, 0) is 50.2 Å². The lowest BCUT2D eigenvalue weighted by Gasteiger charge is -2.32. The molecule has 198 valence electrons. The van der Waals surface area contributed by atoms with E-state index in [1.807, 2.05) is 49.4 Å². The Morgan fingerprint density at radius 2 is 2.03 bits per heavy atom. The average molecular weight is 536 g/mol. The van der Waals surface area contributed by atoms with Crippen molar-refractivity contribution in [1.82, 2.24) is 19.9 Å². The van der Waals surface area contributed by atoms with Gasteiger partial charge in [-0.15, -0.1) is 0 Å². The topological polar surface area (TPSA) is 102 Å². The van der Waals surface area contributed by atoms with Gasteiger partial charge in [-0.2, -0.15) is 0 Å². The molecule has 1 aliphatic rings. The van der Waals surface area contributed by atoms with Crippen LogP contribution in [0.2, 0.25) is 5.02 Å². The lowest BCUT2D eigenvalue weighted by atomic mass is 10.1. The number of fused-ring (bicyclic) bond motifs is 1. The predicted molar refractivity (Wildman–Crippen MR) is 149 cm³/mol. The van der Waals surface area contributed by atoms with Gasteiger partial charge in [0.05, 0.1) is 31.0 Å². The Morgan fingerprint density at radius 1 is 1.16 bits per heavy atom. The number of morpholine rings is 1. The number of pyridine rings is 1. The predicted octanol–water partition coefficient (Wildman–Crippen LogP) is 4.88. The molecular weight excluding hydrogens is 506 g/mol. The highest BCUT2D eigenvalue weighted by Crippen LogP contribution is 2.31. The summed E-state index contributed by atoms with van der Waals surface area (Å²) in [5.74, 6) is 2.55. The number of aromatic nitrogens is 3. The van der Waals surface area contributed by atoms with Gasteiger partial charge in [-0.1, -0.05) is 23.7 Å². The van der Waals surface area contributed by atoms with Crippen LogP contribution in [0.25, 0.3) is 22.3 Å². The third-order valence-electron chi connectivity index (χ3n) is 6.34. The molecule has 0 bridgehead atoms. The monoisotopic (exact) mass is 535 g/mol. The molecule has 1 aliphatic heterocycles. The van der Waals surface area contributed by atoms with Crippen molar-refractivity contribution in [1.29, 1.82) is 0 Å². The van der Waals surface area contributed by atoms with Crippen LogP contribution in [0.3, 0.4) is 0 Å². The minimum absolute atomic E-state index is 0.0833. The first kappa shape index (κ1) is 26.0. The van der Waals surface area contributed by atoms with E-state index < -0.39 is 0 Å². The van der Waals surface area contributed by atoms with Crippen LogP contribution in [0.15, 0.2) is 59.5 Å². The zero-order chi connectivity index (χ0) is 26.5. The van der Waals surface area contributed by atoms with Crippen molar-refractivity contribution in [2.24, 2.45) is 0 Å². The van der Waals surface area contributed by atoms with Gasteiger partial charge in [0, 0.05) is 36.3 Å². The molecule has 2 aromatic heterocycles. The smallest absolute Gasteiger partial charge is 0.266 e. The van der Waals surface area contributed by atoms with Crippen molar-refractivity contribution in [3.05, 3.63) is 70.1 Å². The number of nitrogens with zero attached hydrogens (tertiary/aromatic N) is 3. The van der Waals surface area contributed by atoms with Gasteiger partial charge in [0.1, 0.15) is 28.9 Å². The number of halogens is 1. The molecule has 0 aliphatic carbocycles. The molecule has 0 radical (unpaired) electrons. The Labute approximate surface area is 225 Å². The van der Waals surface area contributed by atoms with E-state index in [9.17, 15) is 4.79 Å². The summed E-state index contributed by atoms with van der Waals surface area (Å²) in [6, 6.07) is 15.4. The van der Waals surface area contributed by atoms with E-state index in [0.717, 1.165) is 48.5 Å². The van der Waals surface area contributed by atoms with E-state index in [1.54, 1.807) is 12.3 Å². The molecule has 5 rings (SSSR count). The standard InChI is InChI=1S/C28H30ClN5O4/c1-3-37-22-7-8-25-23(15-22)27(31-20-14-24(29)28(35)30-16-20)33-26(32-25)19-5-4-6-21(13-19)38-12-10-34-9-11-36-17-18(34)2/h4-8,13-16,18H,3,9-12,17H2,1-2H3,(H,30,35)(H,31,32,33). The molecule has 38 heavy (non-hydrogen) atoms. The molecule has 1 atom stereocenters. The van der Waals surface area contributed by atoms with Crippen molar-refractivity contribution >= 4 is 34.0 Å². The summed E-state index contributed by atoms with van der Waals surface area (Å²) in [6.45, 7) is 8.47. The SMILES string of the molecule is CCOc1ccc2nc(-c3cccc(OCCN4CCOCC4C)c3)nc(Nc3c[nH]c(=O)c(Cl)c3)c2c1. The number of benzene rings is 2. The van der Waals surface area contributed by atoms with Crippen molar-refractivity contribution in [3.63, 3.8) is 0 Å². The second-order valence-corrected chi connectivity index (χ2v) is 9.44. The van der Waals surface area contributed by atoms with E-state index in [2.05, 4.69) is 22.1 Å². The first-order valence-electron chi connectivity index (χ1n) is 12.6. The Balaban J connectivity index is 1.43. The van der Waals surface area contributed by atoms with Gasteiger partial charge in [-0.25, -0.2) is 9.97 Å². The number of hydrogen-bond donors (Lipinski definition) is 2. The van der Waals surface area contributed by atoms with E-state index >= 15 is 0 Å². The number of nitrogens with one attached hydrogen (secondary N) is 2. The Hall–Kier alpha value is -3.66. The molecule has 10 heteroatoms. The van der Waals surface area contributed by atoms with Crippen LogP contribution in [0, 0.1) is 0 Å². The molecule has 1 saturated heterocycles. The summed E-state index contributed by atoms with van der Waals surface area (Å²) >= 11 is 6.05. The van der Waals surface area contributed by atoms with E-state index in [1.165, 1.54) is 0 Å². The highest BCUT2D eigenvalue weighted by molar-refractivity contribution is 6.30. The number of aromatic amines is 1. The molecule has 0 spiro atoms. The van der Waals surface area contributed by atoms with Crippen molar-refractivity contribution in [3.8, 4) is 22.9 Å². The Morgan fingerprint density at radius 3 is 2.84 bits per heavy atom. The molecule has 0 saturated carbocycles. The highest BCUT2D eigenvalue weighted by atomic mass is 35.5. The van der Waals surface area contributed by atoms with E-state index in [4.69, 9.17) is 35.8 Å². The van der Waals surface area contributed by atoms with Crippen molar-refractivity contribution in [2.75, 3.05) is 44.8 Å². The second kappa shape index (κ2) is 11.8. The van der Waals surface area contributed by atoms with E-state index in [0.29, 0.717) is 42.3 Å². The zero-order valence-corrected chi connectivity index (χ0v) is 22.1. The summed E-state index contributed by atoms with van der Waals surface area (Å²) in [5.41, 5.74) is 1.80. The third kappa shape index (κ3) is 6.07. The summed E-state index contributed by atoms with van der Waals surface area (Å²) < 4.78 is 17.3. The van der Waals surface area contributed by atoms with Gasteiger partial charge in [0.2, 0.25) is 0 Å². The largest absolute Gasteiger partial charge is 0.494 e. The normalized spacial score (nSPS) is 15.9.